The lowest BCUT2D eigenvalue weighted by Crippen LogP contribution is -2.45. The Bertz CT molecular complexity index is 450. The topological polar surface area (TPSA) is 32.8 Å². The van der Waals surface area contributed by atoms with Crippen molar-refractivity contribution in [2.75, 3.05) is 26.7 Å². The van der Waals surface area contributed by atoms with Crippen LogP contribution in [0.15, 0.2) is 24.3 Å². The van der Waals surface area contributed by atoms with Crippen molar-refractivity contribution in [2.45, 2.75) is 40.3 Å². The molecule has 4 nitrogen and oxygen atoms in total. The van der Waals surface area contributed by atoms with Crippen molar-refractivity contribution in [3.8, 4) is 5.75 Å². The largest absolute Gasteiger partial charge is 0.470 e. The summed E-state index contributed by atoms with van der Waals surface area (Å²) in [5, 5.41) is 0. The van der Waals surface area contributed by atoms with Gasteiger partial charge in [-0.1, -0.05) is 39.0 Å². The lowest BCUT2D eigenvalue weighted by atomic mass is 10.2. The third kappa shape index (κ3) is 5.85. The molecule has 0 fully saturated rings. The number of benzene rings is 1. The van der Waals surface area contributed by atoms with Gasteiger partial charge in [-0.2, -0.15) is 0 Å². The van der Waals surface area contributed by atoms with E-state index >= 15 is 0 Å². The standard InChI is InChI=1S/C17H28N2O2.ClH/c1-6-17(21-15-12-10-9-11-14(15)4)18(5)16(20)13-19(7-2)8-3;/h9-12,17H,6-8,13H2,1-5H3;1H. The quantitative estimate of drug-likeness (QED) is 0.686. The van der Waals surface area contributed by atoms with Gasteiger partial charge < -0.3 is 9.64 Å². The maximum absolute atomic E-state index is 12.4. The number of halogens is 1. The van der Waals surface area contributed by atoms with Gasteiger partial charge in [0, 0.05) is 13.5 Å². The van der Waals surface area contributed by atoms with E-state index in [0.29, 0.717) is 6.54 Å². The number of nitrogens with zero attached hydrogens (tertiary/aromatic N) is 2. The first-order valence-electron chi connectivity index (χ1n) is 7.73. The lowest BCUT2D eigenvalue weighted by Gasteiger charge is -2.30. The molecule has 1 aromatic carbocycles. The smallest absolute Gasteiger partial charge is 0.239 e. The summed E-state index contributed by atoms with van der Waals surface area (Å²) in [5.41, 5.74) is 1.08. The number of ether oxygens (including phenoxy) is 1. The summed E-state index contributed by atoms with van der Waals surface area (Å²) in [6.07, 6.45) is 0.531. The van der Waals surface area contributed by atoms with Crippen molar-refractivity contribution in [2.24, 2.45) is 0 Å². The van der Waals surface area contributed by atoms with E-state index in [-0.39, 0.29) is 24.5 Å². The van der Waals surface area contributed by atoms with Crippen LogP contribution in [0.2, 0.25) is 0 Å². The van der Waals surface area contributed by atoms with Gasteiger partial charge in [-0.25, -0.2) is 0 Å². The molecule has 1 aromatic rings. The lowest BCUT2D eigenvalue weighted by molar-refractivity contribution is -0.138. The van der Waals surface area contributed by atoms with Crippen LogP contribution in [-0.4, -0.2) is 48.6 Å². The summed E-state index contributed by atoms with van der Waals surface area (Å²) in [5.74, 6) is 0.936. The van der Waals surface area contributed by atoms with Gasteiger partial charge in [0.1, 0.15) is 5.75 Å². The average Bonchev–Trinajstić information content (AvgIpc) is 2.50. The summed E-state index contributed by atoms with van der Waals surface area (Å²) < 4.78 is 6.01. The van der Waals surface area contributed by atoms with E-state index in [0.717, 1.165) is 30.8 Å². The van der Waals surface area contributed by atoms with Crippen LogP contribution < -0.4 is 4.74 Å². The van der Waals surface area contributed by atoms with Gasteiger partial charge in [0.05, 0.1) is 6.54 Å². The van der Waals surface area contributed by atoms with Crippen LogP contribution in [0, 0.1) is 6.92 Å². The second-order valence-corrected chi connectivity index (χ2v) is 5.21. The van der Waals surface area contributed by atoms with Crippen molar-refractivity contribution >= 4 is 18.3 Å². The van der Waals surface area contributed by atoms with E-state index in [9.17, 15) is 4.79 Å². The Morgan fingerprint density at radius 1 is 1.18 bits per heavy atom. The van der Waals surface area contributed by atoms with Gasteiger partial charge in [0.25, 0.3) is 0 Å². The molecule has 0 aliphatic carbocycles. The minimum atomic E-state index is -0.228. The number of carbonyl (C=O) groups is 1. The van der Waals surface area contributed by atoms with Crippen LogP contribution in [0.1, 0.15) is 32.8 Å². The van der Waals surface area contributed by atoms with Crippen LogP contribution >= 0.6 is 12.4 Å². The monoisotopic (exact) mass is 328 g/mol. The van der Waals surface area contributed by atoms with E-state index < -0.39 is 0 Å². The number of para-hydroxylation sites is 1. The Balaban J connectivity index is 0.00000441. The van der Waals surface area contributed by atoms with Crippen LogP contribution in [0.25, 0.3) is 0 Å². The van der Waals surface area contributed by atoms with E-state index in [1.165, 1.54) is 0 Å². The molecule has 1 amide bonds. The Morgan fingerprint density at radius 2 is 1.77 bits per heavy atom. The first-order valence-corrected chi connectivity index (χ1v) is 7.73. The van der Waals surface area contributed by atoms with Gasteiger partial charge in [-0.05, 0) is 31.6 Å². The molecule has 126 valence electrons. The molecule has 1 atom stereocenters. The van der Waals surface area contributed by atoms with Gasteiger partial charge in [0.2, 0.25) is 5.91 Å². The van der Waals surface area contributed by atoms with Crippen molar-refractivity contribution in [1.82, 2.24) is 9.80 Å². The molecule has 5 heteroatoms. The number of hydrogen-bond acceptors (Lipinski definition) is 3. The Labute approximate surface area is 140 Å². The minimum absolute atomic E-state index is 0. The molecule has 0 aliphatic rings. The third-order valence-corrected chi connectivity index (χ3v) is 3.78. The molecular weight excluding hydrogens is 300 g/mol. The summed E-state index contributed by atoms with van der Waals surface area (Å²) in [6, 6.07) is 7.89. The molecule has 0 N–H and O–H groups in total. The fraction of sp³-hybridized carbons (Fsp3) is 0.588. The molecule has 22 heavy (non-hydrogen) atoms. The first kappa shape index (κ1) is 20.7. The van der Waals surface area contributed by atoms with E-state index in [4.69, 9.17) is 4.74 Å². The number of carbonyl (C=O) groups excluding carboxylic acids is 1. The normalized spacial score (nSPS) is 11.7. The fourth-order valence-electron chi connectivity index (χ4n) is 2.18. The molecule has 0 radical (unpaired) electrons. The summed E-state index contributed by atoms with van der Waals surface area (Å²) in [7, 11) is 1.82. The molecule has 0 saturated carbocycles. The fourth-order valence-corrected chi connectivity index (χ4v) is 2.18. The molecule has 0 aliphatic heterocycles. The van der Waals surface area contributed by atoms with Crippen molar-refractivity contribution in [3.63, 3.8) is 0 Å². The maximum atomic E-state index is 12.4. The number of hydrogen-bond donors (Lipinski definition) is 0. The second kappa shape index (κ2) is 10.5. The number of aryl methyl sites for hydroxylation is 1. The zero-order valence-corrected chi connectivity index (χ0v) is 15.2. The van der Waals surface area contributed by atoms with Crippen molar-refractivity contribution in [1.29, 1.82) is 0 Å². The third-order valence-electron chi connectivity index (χ3n) is 3.78. The van der Waals surface area contributed by atoms with Gasteiger partial charge in [-0.3, -0.25) is 9.69 Å². The molecule has 1 rings (SSSR count). The van der Waals surface area contributed by atoms with Crippen LogP contribution in [-0.2, 0) is 4.79 Å². The van der Waals surface area contributed by atoms with Crippen molar-refractivity contribution < 1.29 is 9.53 Å². The van der Waals surface area contributed by atoms with E-state index in [2.05, 4.69) is 18.7 Å². The molecule has 0 spiro atoms. The highest BCUT2D eigenvalue weighted by Gasteiger charge is 2.21. The molecule has 0 aromatic heterocycles. The summed E-state index contributed by atoms with van der Waals surface area (Å²) in [4.78, 5) is 16.2. The minimum Gasteiger partial charge on any atom is -0.470 e. The number of amides is 1. The number of rotatable bonds is 8. The Hall–Kier alpha value is -1.26. The number of likely N-dealkylation sites (N-methyl/N-ethyl adjacent to an activating group) is 2. The predicted molar refractivity (Wildman–Crippen MR) is 93.7 cm³/mol. The molecule has 0 saturated heterocycles. The predicted octanol–water partition coefficient (Wildman–Crippen LogP) is 3.33. The molecule has 0 bridgehead atoms. The van der Waals surface area contributed by atoms with Gasteiger partial charge in [-0.15, -0.1) is 12.4 Å². The summed E-state index contributed by atoms with van der Waals surface area (Å²) in [6.45, 7) is 10.4. The van der Waals surface area contributed by atoms with Crippen LogP contribution in [0.4, 0.5) is 0 Å². The first-order chi connectivity index (χ1) is 10.0. The zero-order valence-electron chi connectivity index (χ0n) is 14.3. The highest BCUT2D eigenvalue weighted by Crippen LogP contribution is 2.19. The molecular formula is C17H29ClN2O2. The second-order valence-electron chi connectivity index (χ2n) is 5.21. The highest BCUT2D eigenvalue weighted by molar-refractivity contribution is 5.85. The highest BCUT2D eigenvalue weighted by atomic mass is 35.5. The zero-order chi connectivity index (χ0) is 15.8. The van der Waals surface area contributed by atoms with Crippen LogP contribution in [0.5, 0.6) is 5.75 Å². The average molecular weight is 329 g/mol. The SMILES string of the molecule is CCC(Oc1ccccc1C)N(C)C(=O)CN(CC)CC.Cl. The maximum Gasteiger partial charge on any atom is 0.239 e. The molecule has 1 unspecified atom stereocenters. The Morgan fingerprint density at radius 3 is 2.27 bits per heavy atom. The van der Waals surface area contributed by atoms with Crippen molar-refractivity contribution in [3.05, 3.63) is 29.8 Å². The van der Waals surface area contributed by atoms with Crippen LogP contribution in [0.3, 0.4) is 0 Å². The van der Waals surface area contributed by atoms with Gasteiger partial charge in [0.15, 0.2) is 6.23 Å². The van der Waals surface area contributed by atoms with E-state index in [1.807, 2.05) is 45.2 Å². The van der Waals surface area contributed by atoms with E-state index in [1.54, 1.807) is 4.90 Å². The molecule has 0 heterocycles. The summed E-state index contributed by atoms with van der Waals surface area (Å²) >= 11 is 0. The van der Waals surface area contributed by atoms with Gasteiger partial charge >= 0.3 is 0 Å². The Kier molecular flexibility index (Phi) is 9.86.